The Morgan fingerprint density at radius 1 is 1.42 bits per heavy atom. The monoisotopic (exact) mass is 300 g/mol. The van der Waals surface area contributed by atoms with E-state index < -0.39 is 19.0 Å². The molecule has 110 valence electrons. The summed E-state index contributed by atoms with van der Waals surface area (Å²) in [6, 6.07) is -0.243. The summed E-state index contributed by atoms with van der Waals surface area (Å²) in [5.41, 5.74) is 6.52. The molecule has 0 radical (unpaired) electrons. The van der Waals surface area contributed by atoms with Gasteiger partial charge in [-0.1, -0.05) is 13.8 Å². The molecule has 0 spiro atoms. The zero-order chi connectivity index (χ0) is 14.6. The van der Waals surface area contributed by atoms with Gasteiger partial charge in [0, 0.05) is 5.38 Å². The molecule has 0 aliphatic carbocycles. The first-order valence-corrected chi connectivity index (χ1v) is 6.55. The van der Waals surface area contributed by atoms with Crippen molar-refractivity contribution in [2.24, 2.45) is 11.7 Å². The Labute approximate surface area is 112 Å². The van der Waals surface area contributed by atoms with E-state index in [1.165, 1.54) is 11.3 Å². The second kappa shape index (κ2) is 6.62. The van der Waals surface area contributed by atoms with Crippen LogP contribution >= 0.6 is 11.3 Å². The van der Waals surface area contributed by atoms with Crippen molar-refractivity contribution in [2.75, 3.05) is 6.61 Å². The fourth-order valence-electron chi connectivity index (χ4n) is 1.22. The molecule has 1 atom stereocenters. The number of thiazole rings is 1. The van der Waals surface area contributed by atoms with Crippen molar-refractivity contribution in [3.8, 4) is 0 Å². The molecule has 0 aliphatic rings. The van der Waals surface area contributed by atoms with Crippen molar-refractivity contribution < 1.29 is 22.3 Å². The number of nitrogens with two attached hydrogens (primary N) is 1. The largest absolute Gasteiger partial charge is 0.368 e. The highest BCUT2D eigenvalue weighted by molar-refractivity contribution is 7.09. The van der Waals surface area contributed by atoms with Crippen LogP contribution in [0.3, 0.4) is 0 Å². The van der Waals surface area contributed by atoms with E-state index in [9.17, 15) is 17.6 Å². The van der Waals surface area contributed by atoms with E-state index in [1.54, 1.807) is 5.38 Å². The van der Waals surface area contributed by atoms with E-state index in [-0.39, 0.29) is 18.6 Å². The van der Waals surface area contributed by atoms with Crippen LogP contribution in [0.4, 0.5) is 17.6 Å². The van der Waals surface area contributed by atoms with Crippen molar-refractivity contribution >= 4 is 11.3 Å². The predicted molar refractivity (Wildman–Crippen MR) is 64.5 cm³/mol. The quantitative estimate of drug-likeness (QED) is 0.787. The molecule has 2 N–H and O–H groups in total. The molecule has 1 unspecified atom stereocenters. The van der Waals surface area contributed by atoms with Crippen molar-refractivity contribution in [3.05, 3.63) is 16.1 Å². The lowest BCUT2D eigenvalue weighted by molar-refractivity contribution is -0.168. The van der Waals surface area contributed by atoms with Crippen LogP contribution in [-0.4, -0.2) is 23.9 Å². The van der Waals surface area contributed by atoms with Gasteiger partial charge in [-0.15, -0.1) is 11.3 Å². The minimum absolute atomic E-state index is 0.194. The summed E-state index contributed by atoms with van der Waals surface area (Å²) in [6.07, 6.45) is -3.73. The average molecular weight is 300 g/mol. The molecule has 8 heteroatoms. The molecule has 0 saturated carbocycles. The van der Waals surface area contributed by atoms with Gasteiger partial charge in [-0.3, -0.25) is 0 Å². The second-order valence-corrected chi connectivity index (χ2v) is 5.43. The van der Waals surface area contributed by atoms with Crippen molar-refractivity contribution in [2.45, 2.75) is 38.8 Å². The molecule has 0 aromatic carbocycles. The highest BCUT2D eigenvalue weighted by Crippen LogP contribution is 2.24. The highest BCUT2D eigenvalue weighted by atomic mass is 32.1. The van der Waals surface area contributed by atoms with E-state index >= 15 is 0 Å². The fraction of sp³-hybridized carbons (Fsp3) is 0.727. The Hall–Kier alpha value is -0.730. The van der Waals surface area contributed by atoms with Crippen LogP contribution in [-0.2, 0) is 11.3 Å². The molecular formula is C11H16F4N2OS. The number of halogens is 4. The predicted octanol–water partition coefficient (Wildman–Crippen LogP) is 3.22. The molecule has 0 bridgehead atoms. The molecule has 0 fully saturated rings. The number of hydrogen-bond donors (Lipinski definition) is 1. The maximum absolute atomic E-state index is 12.6. The van der Waals surface area contributed by atoms with Crippen molar-refractivity contribution in [1.82, 2.24) is 4.98 Å². The van der Waals surface area contributed by atoms with Gasteiger partial charge in [0.25, 0.3) is 0 Å². The molecule has 1 aromatic heterocycles. The zero-order valence-corrected chi connectivity index (χ0v) is 11.4. The summed E-state index contributed by atoms with van der Waals surface area (Å²) < 4.78 is 53.5. The van der Waals surface area contributed by atoms with E-state index in [2.05, 4.69) is 9.72 Å². The molecule has 0 aliphatic heterocycles. The smallest absolute Gasteiger partial charge is 0.330 e. The first-order chi connectivity index (χ1) is 8.74. The van der Waals surface area contributed by atoms with Gasteiger partial charge in [-0.05, 0) is 5.92 Å². The van der Waals surface area contributed by atoms with Gasteiger partial charge < -0.3 is 10.5 Å². The third-order valence-corrected chi connectivity index (χ3v) is 3.31. The van der Waals surface area contributed by atoms with Crippen molar-refractivity contribution in [3.63, 3.8) is 0 Å². The number of rotatable bonds is 7. The topological polar surface area (TPSA) is 48.1 Å². The number of alkyl halides is 4. The van der Waals surface area contributed by atoms with Crippen LogP contribution in [0.15, 0.2) is 5.38 Å². The van der Waals surface area contributed by atoms with Gasteiger partial charge in [0.1, 0.15) is 11.6 Å². The molecule has 1 aromatic rings. The summed E-state index contributed by atoms with van der Waals surface area (Å²) in [6.45, 7) is 2.32. The first-order valence-electron chi connectivity index (χ1n) is 5.67. The van der Waals surface area contributed by atoms with E-state index in [0.29, 0.717) is 10.7 Å². The number of nitrogens with zero attached hydrogens (tertiary/aromatic N) is 1. The van der Waals surface area contributed by atoms with Gasteiger partial charge in [0.05, 0.1) is 18.3 Å². The third kappa shape index (κ3) is 4.70. The molecule has 0 saturated heterocycles. The van der Waals surface area contributed by atoms with Crippen LogP contribution in [0.2, 0.25) is 0 Å². The summed E-state index contributed by atoms with van der Waals surface area (Å²) in [5, 5.41) is 2.16. The van der Waals surface area contributed by atoms with Gasteiger partial charge in [-0.25, -0.2) is 13.8 Å². The fourth-order valence-corrected chi connectivity index (χ4v) is 2.00. The maximum Gasteiger partial charge on any atom is 0.330 e. The van der Waals surface area contributed by atoms with Crippen LogP contribution < -0.4 is 5.73 Å². The molecule has 19 heavy (non-hydrogen) atoms. The summed E-state index contributed by atoms with van der Waals surface area (Å²) >= 11 is 1.21. The van der Waals surface area contributed by atoms with Crippen LogP contribution in [0.1, 0.15) is 30.6 Å². The third-order valence-electron chi connectivity index (χ3n) is 2.47. The minimum Gasteiger partial charge on any atom is -0.368 e. The van der Waals surface area contributed by atoms with Gasteiger partial charge in [-0.2, -0.15) is 8.78 Å². The number of hydrogen-bond acceptors (Lipinski definition) is 4. The Bertz CT molecular complexity index is 398. The van der Waals surface area contributed by atoms with Gasteiger partial charge in [0.15, 0.2) is 0 Å². The minimum atomic E-state index is -4.13. The lowest BCUT2D eigenvalue weighted by Gasteiger charge is -2.14. The highest BCUT2D eigenvalue weighted by Gasteiger charge is 2.41. The Morgan fingerprint density at radius 3 is 2.58 bits per heavy atom. The number of ether oxygens (including phenoxy) is 1. The Balaban J connectivity index is 2.47. The molecule has 0 amide bonds. The first kappa shape index (κ1) is 16.3. The van der Waals surface area contributed by atoms with Crippen LogP contribution in [0, 0.1) is 5.92 Å². The van der Waals surface area contributed by atoms with Crippen LogP contribution in [0.5, 0.6) is 0 Å². The lowest BCUT2D eigenvalue weighted by atomic mass is 10.0. The maximum atomic E-state index is 12.6. The summed E-state index contributed by atoms with van der Waals surface area (Å²) in [5.74, 6) is -3.94. The summed E-state index contributed by atoms with van der Waals surface area (Å²) in [7, 11) is 0. The Kier molecular flexibility index (Phi) is 5.69. The lowest BCUT2D eigenvalue weighted by Crippen LogP contribution is -2.32. The second-order valence-electron chi connectivity index (χ2n) is 4.49. The zero-order valence-electron chi connectivity index (χ0n) is 10.6. The normalized spacial score (nSPS) is 14.4. The van der Waals surface area contributed by atoms with Gasteiger partial charge >= 0.3 is 12.3 Å². The average Bonchev–Trinajstić information content (AvgIpc) is 2.76. The van der Waals surface area contributed by atoms with Crippen molar-refractivity contribution in [1.29, 1.82) is 0 Å². The van der Waals surface area contributed by atoms with E-state index in [0.717, 1.165) is 0 Å². The SMILES string of the molecule is CC(C)C(N)c1csc(COCC(F)(F)C(F)F)n1. The molecule has 1 heterocycles. The van der Waals surface area contributed by atoms with Crippen LogP contribution in [0.25, 0.3) is 0 Å². The molecule has 1 rings (SSSR count). The number of aromatic nitrogens is 1. The van der Waals surface area contributed by atoms with E-state index in [1.807, 2.05) is 13.8 Å². The van der Waals surface area contributed by atoms with E-state index in [4.69, 9.17) is 5.73 Å². The summed E-state index contributed by atoms with van der Waals surface area (Å²) in [4.78, 5) is 4.13. The Morgan fingerprint density at radius 2 is 2.05 bits per heavy atom. The standard InChI is InChI=1S/C11H16F4N2OS/c1-6(2)9(16)7-4-19-8(17-7)3-18-5-11(14,15)10(12)13/h4,6,9-10H,3,5,16H2,1-2H3. The molecule has 3 nitrogen and oxygen atoms in total. The van der Waals surface area contributed by atoms with Gasteiger partial charge in [0.2, 0.25) is 0 Å². The molecular weight excluding hydrogens is 284 g/mol.